The van der Waals surface area contributed by atoms with Crippen LogP contribution >= 0.6 is 11.6 Å². The highest BCUT2D eigenvalue weighted by Crippen LogP contribution is 2.28. The monoisotopic (exact) mass is 382 g/mol. The third kappa shape index (κ3) is 4.87. The summed E-state index contributed by atoms with van der Waals surface area (Å²) in [4.78, 5) is 12.4. The van der Waals surface area contributed by atoms with Crippen molar-refractivity contribution in [2.24, 2.45) is 0 Å². The molecule has 25 heavy (non-hydrogen) atoms. The minimum absolute atomic E-state index is 0.109. The number of carbonyl (C=O) groups is 1. The summed E-state index contributed by atoms with van der Waals surface area (Å²) < 4.78 is 29.1. The summed E-state index contributed by atoms with van der Waals surface area (Å²) in [6, 6.07) is 9.93. The molecule has 2 aromatic carbocycles. The first-order valence-electron chi connectivity index (χ1n) is 7.39. The molecule has 2 rings (SSSR count). The first-order chi connectivity index (χ1) is 11.7. The van der Waals surface area contributed by atoms with Gasteiger partial charge in [0.25, 0.3) is 0 Å². The molecule has 0 unspecified atom stereocenters. The lowest BCUT2D eigenvalue weighted by molar-refractivity contribution is -0.114. The van der Waals surface area contributed by atoms with E-state index >= 15 is 0 Å². The van der Waals surface area contributed by atoms with E-state index in [1.807, 2.05) is 0 Å². The van der Waals surface area contributed by atoms with Gasteiger partial charge in [0.05, 0.1) is 29.9 Å². The Bertz CT molecular complexity index is 898. The molecular weight excluding hydrogens is 364 g/mol. The van der Waals surface area contributed by atoms with Gasteiger partial charge >= 0.3 is 0 Å². The SMILES string of the molecule is COc1ccc(Cl)cc1NC(=O)CNc1cccc(C)c1S(C)(=O)=O. The zero-order valence-electron chi connectivity index (χ0n) is 14.1. The van der Waals surface area contributed by atoms with Crippen LogP contribution in [-0.2, 0) is 14.6 Å². The molecule has 0 fully saturated rings. The first kappa shape index (κ1) is 19.1. The van der Waals surface area contributed by atoms with Gasteiger partial charge in [-0.1, -0.05) is 23.7 Å². The summed E-state index contributed by atoms with van der Waals surface area (Å²) in [7, 11) is -1.93. The molecule has 0 saturated carbocycles. The lowest BCUT2D eigenvalue weighted by Crippen LogP contribution is -2.23. The number of anilines is 2. The molecule has 6 nitrogen and oxygen atoms in total. The van der Waals surface area contributed by atoms with E-state index in [2.05, 4.69) is 10.6 Å². The summed E-state index contributed by atoms with van der Waals surface area (Å²) in [5.41, 5.74) is 1.44. The van der Waals surface area contributed by atoms with Crippen molar-refractivity contribution in [1.29, 1.82) is 0 Å². The number of nitrogens with one attached hydrogen (secondary N) is 2. The minimum Gasteiger partial charge on any atom is -0.495 e. The maximum Gasteiger partial charge on any atom is 0.243 e. The highest BCUT2D eigenvalue weighted by Gasteiger charge is 2.17. The van der Waals surface area contributed by atoms with E-state index < -0.39 is 9.84 Å². The van der Waals surface area contributed by atoms with E-state index in [-0.39, 0.29) is 17.3 Å². The molecule has 2 N–H and O–H groups in total. The van der Waals surface area contributed by atoms with Crippen molar-refractivity contribution in [2.75, 3.05) is 30.5 Å². The molecule has 0 saturated heterocycles. The van der Waals surface area contributed by atoms with E-state index in [4.69, 9.17) is 16.3 Å². The van der Waals surface area contributed by atoms with Crippen LogP contribution in [0.15, 0.2) is 41.3 Å². The summed E-state index contributed by atoms with van der Waals surface area (Å²) in [6.45, 7) is 1.60. The smallest absolute Gasteiger partial charge is 0.243 e. The van der Waals surface area contributed by atoms with Gasteiger partial charge in [-0.2, -0.15) is 0 Å². The second-order valence-electron chi connectivity index (χ2n) is 5.47. The highest BCUT2D eigenvalue weighted by molar-refractivity contribution is 7.91. The zero-order valence-corrected chi connectivity index (χ0v) is 15.7. The number of aryl methyl sites for hydroxylation is 1. The van der Waals surface area contributed by atoms with E-state index in [9.17, 15) is 13.2 Å². The van der Waals surface area contributed by atoms with Crippen LogP contribution in [0.1, 0.15) is 5.56 Å². The molecule has 0 aliphatic rings. The number of halogens is 1. The molecule has 0 aromatic heterocycles. The molecule has 0 aliphatic carbocycles. The minimum atomic E-state index is -3.42. The third-order valence-corrected chi connectivity index (χ3v) is 4.98. The second-order valence-corrected chi connectivity index (χ2v) is 7.86. The maximum absolute atomic E-state index is 12.2. The number of amides is 1. The van der Waals surface area contributed by atoms with E-state index in [1.54, 1.807) is 43.3 Å². The topological polar surface area (TPSA) is 84.5 Å². The van der Waals surface area contributed by atoms with Gasteiger partial charge in [0.15, 0.2) is 9.84 Å². The largest absolute Gasteiger partial charge is 0.495 e. The molecule has 1 amide bonds. The van der Waals surface area contributed by atoms with Gasteiger partial charge in [-0.3, -0.25) is 4.79 Å². The fraction of sp³-hybridized carbons (Fsp3) is 0.235. The molecule has 134 valence electrons. The number of sulfone groups is 1. The Balaban J connectivity index is 2.14. The van der Waals surface area contributed by atoms with Crippen molar-refractivity contribution in [3.05, 3.63) is 47.0 Å². The molecule has 0 aliphatic heterocycles. The summed E-state index contributed by atoms with van der Waals surface area (Å²) in [6.07, 6.45) is 1.14. The molecular formula is C17H19ClN2O4S. The molecule has 0 atom stereocenters. The van der Waals surface area contributed by atoms with Crippen LogP contribution < -0.4 is 15.4 Å². The Morgan fingerprint density at radius 2 is 1.92 bits per heavy atom. The Morgan fingerprint density at radius 1 is 1.20 bits per heavy atom. The van der Waals surface area contributed by atoms with Crippen molar-refractivity contribution in [3.63, 3.8) is 0 Å². The van der Waals surface area contributed by atoms with Gasteiger partial charge in [-0.25, -0.2) is 8.42 Å². The van der Waals surface area contributed by atoms with Gasteiger partial charge in [0.2, 0.25) is 5.91 Å². The fourth-order valence-corrected chi connectivity index (χ4v) is 3.80. The molecule has 8 heteroatoms. The Labute approximate surface area is 152 Å². The van der Waals surface area contributed by atoms with Crippen molar-refractivity contribution < 1.29 is 17.9 Å². The normalized spacial score (nSPS) is 11.0. The lowest BCUT2D eigenvalue weighted by Gasteiger charge is -2.14. The van der Waals surface area contributed by atoms with Crippen molar-refractivity contribution >= 4 is 38.7 Å². The van der Waals surface area contributed by atoms with Crippen LogP contribution in [0.2, 0.25) is 5.02 Å². The van der Waals surface area contributed by atoms with Gasteiger partial charge in [-0.05, 0) is 36.8 Å². The first-order valence-corrected chi connectivity index (χ1v) is 9.66. The number of hydrogen-bond donors (Lipinski definition) is 2. The van der Waals surface area contributed by atoms with Crippen LogP contribution in [0, 0.1) is 6.92 Å². The van der Waals surface area contributed by atoms with Gasteiger partial charge in [-0.15, -0.1) is 0 Å². The molecule has 2 aromatic rings. The molecule has 0 heterocycles. The van der Waals surface area contributed by atoms with Crippen LogP contribution in [0.4, 0.5) is 11.4 Å². The van der Waals surface area contributed by atoms with Crippen LogP contribution in [0.25, 0.3) is 0 Å². The predicted molar refractivity (Wildman–Crippen MR) is 99.4 cm³/mol. The zero-order chi connectivity index (χ0) is 18.6. The van der Waals surface area contributed by atoms with E-state index in [0.29, 0.717) is 27.7 Å². The second kappa shape index (κ2) is 7.76. The van der Waals surface area contributed by atoms with Gasteiger partial charge < -0.3 is 15.4 Å². The number of hydrogen-bond acceptors (Lipinski definition) is 5. The van der Waals surface area contributed by atoms with Crippen molar-refractivity contribution in [1.82, 2.24) is 0 Å². The highest BCUT2D eigenvalue weighted by atomic mass is 35.5. The summed E-state index contributed by atoms with van der Waals surface area (Å²) >= 11 is 5.93. The Kier molecular flexibility index (Phi) is 5.92. The van der Waals surface area contributed by atoms with Crippen molar-refractivity contribution in [2.45, 2.75) is 11.8 Å². The predicted octanol–water partition coefficient (Wildman–Crippen LogP) is 3.11. The lowest BCUT2D eigenvalue weighted by atomic mass is 10.2. The van der Waals surface area contributed by atoms with E-state index in [1.165, 1.54) is 7.11 Å². The third-order valence-electron chi connectivity index (χ3n) is 3.46. The molecule has 0 spiro atoms. The van der Waals surface area contributed by atoms with Gasteiger partial charge in [0, 0.05) is 11.3 Å². The number of methoxy groups -OCH3 is 1. The van der Waals surface area contributed by atoms with E-state index in [0.717, 1.165) is 6.26 Å². The van der Waals surface area contributed by atoms with Crippen LogP contribution in [-0.4, -0.2) is 34.2 Å². The summed E-state index contributed by atoms with van der Waals surface area (Å²) in [5, 5.41) is 6.01. The summed E-state index contributed by atoms with van der Waals surface area (Å²) in [5.74, 6) is 0.117. The molecule has 0 radical (unpaired) electrons. The average molecular weight is 383 g/mol. The van der Waals surface area contributed by atoms with Crippen LogP contribution in [0.3, 0.4) is 0 Å². The number of benzene rings is 2. The standard InChI is InChI=1S/C17H19ClN2O4S/c1-11-5-4-6-13(17(11)25(3,22)23)19-10-16(21)20-14-9-12(18)7-8-15(14)24-2/h4-9,19H,10H2,1-3H3,(H,20,21). The van der Waals surface area contributed by atoms with Crippen molar-refractivity contribution in [3.8, 4) is 5.75 Å². The quantitative estimate of drug-likeness (QED) is 0.801. The van der Waals surface area contributed by atoms with Crippen LogP contribution in [0.5, 0.6) is 5.75 Å². The number of rotatable bonds is 6. The fourth-order valence-electron chi connectivity index (χ4n) is 2.43. The maximum atomic E-state index is 12.2. The number of carbonyl (C=O) groups excluding carboxylic acids is 1. The average Bonchev–Trinajstić information content (AvgIpc) is 2.52. The Morgan fingerprint density at radius 3 is 2.56 bits per heavy atom. The van der Waals surface area contributed by atoms with Gasteiger partial charge in [0.1, 0.15) is 5.75 Å². The Hall–Kier alpha value is -2.25. The molecule has 0 bridgehead atoms. The number of ether oxygens (including phenoxy) is 1.